The van der Waals surface area contributed by atoms with E-state index in [2.05, 4.69) is 6.92 Å². The summed E-state index contributed by atoms with van der Waals surface area (Å²) in [6.45, 7) is 4.11. The number of hydrogen-bond donors (Lipinski definition) is 1. The van der Waals surface area contributed by atoms with Crippen molar-refractivity contribution in [2.75, 3.05) is 19.6 Å². The van der Waals surface area contributed by atoms with E-state index in [1.807, 2.05) is 0 Å². The van der Waals surface area contributed by atoms with Crippen molar-refractivity contribution in [1.82, 2.24) is 4.90 Å². The van der Waals surface area contributed by atoms with Crippen molar-refractivity contribution < 1.29 is 4.79 Å². The Kier molecular flexibility index (Phi) is 5.32. The predicted octanol–water partition coefficient (Wildman–Crippen LogP) is 3.29. The van der Waals surface area contributed by atoms with E-state index in [1.54, 1.807) is 11.0 Å². The fourth-order valence-electron chi connectivity index (χ4n) is 2.02. The van der Waals surface area contributed by atoms with Gasteiger partial charge in [-0.25, -0.2) is 0 Å². The fraction of sp³-hybridized carbons (Fsp3) is 0.545. The van der Waals surface area contributed by atoms with Gasteiger partial charge in [-0.2, -0.15) is 0 Å². The molecule has 1 aromatic rings. The van der Waals surface area contributed by atoms with Crippen LogP contribution in [0.15, 0.2) is 6.07 Å². The summed E-state index contributed by atoms with van der Waals surface area (Å²) >= 11 is 13.0. The Morgan fingerprint density at radius 2 is 2.28 bits per heavy atom. The second-order valence-electron chi connectivity index (χ2n) is 4.73. The highest BCUT2D eigenvalue weighted by molar-refractivity contribution is 7.20. The average molecular weight is 330 g/mol. The first kappa shape index (κ1) is 16.1. The second kappa shape index (κ2) is 5.97. The number of thiophene rings is 1. The molecule has 1 aliphatic heterocycles. The Hall–Kier alpha value is -0.000000000000000222. The van der Waals surface area contributed by atoms with Gasteiger partial charge in [0.1, 0.15) is 4.34 Å². The van der Waals surface area contributed by atoms with Crippen LogP contribution in [0.4, 0.5) is 0 Å². The molecule has 7 heteroatoms. The fourth-order valence-corrected chi connectivity index (χ4v) is 3.47. The molecule has 1 unspecified atom stereocenters. The number of carbonyl (C=O) groups is 1. The lowest BCUT2D eigenvalue weighted by Crippen LogP contribution is -2.34. The molecule has 2 N–H and O–H groups in total. The predicted molar refractivity (Wildman–Crippen MR) is 79.3 cm³/mol. The molecule has 2 rings (SSSR count). The number of halogens is 3. The number of rotatable bonds is 2. The number of hydrogen-bond acceptors (Lipinski definition) is 3. The van der Waals surface area contributed by atoms with Crippen LogP contribution < -0.4 is 5.73 Å². The average Bonchev–Trinajstić information content (AvgIpc) is 2.82. The van der Waals surface area contributed by atoms with Gasteiger partial charge in [0.15, 0.2) is 0 Å². The highest BCUT2D eigenvalue weighted by Gasteiger charge is 2.35. The minimum atomic E-state index is -0.0460. The first-order valence-corrected chi connectivity index (χ1v) is 6.97. The first-order valence-electron chi connectivity index (χ1n) is 5.39. The summed E-state index contributed by atoms with van der Waals surface area (Å²) in [5, 5.41) is 0. The summed E-state index contributed by atoms with van der Waals surface area (Å²) < 4.78 is 1.00. The normalized spacial score (nSPS) is 23.0. The molecule has 0 aromatic carbocycles. The lowest BCUT2D eigenvalue weighted by Gasteiger charge is -2.22. The molecule has 0 saturated carbocycles. The van der Waals surface area contributed by atoms with Crippen LogP contribution in [0.5, 0.6) is 0 Å². The summed E-state index contributed by atoms with van der Waals surface area (Å²) in [7, 11) is 0. The van der Waals surface area contributed by atoms with Crippen LogP contribution in [-0.2, 0) is 0 Å². The van der Waals surface area contributed by atoms with Crippen molar-refractivity contribution >= 4 is 52.9 Å². The molecule has 1 amide bonds. The Morgan fingerprint density at radius 3 is 2.72 bits per heavy atom. The molecule has 0 bridgehead atoms. The van der Waals surface area contributed by atoms with Gasteiger partial charge in [-0.15, -0.1) is 23.7 Å². The molecular weight excluding hydrogens is 315 g/mol. The maximum atomic E-state index is 12.2. The zero-order chi connectivity index (χ0) is 12.6. The molecule has 102 valence electrons. The van der Waals surface area contributed by atoms with Crippen LogP contribution in [0, 0.1) is 5.41 Å². The number of amides is 1. The van der Waals surface area contributed by atoms with Crippen molar-refractivity contribution in [3.05, 3.63) is 20.3 Å². The van der Waals surface area contributed by atoms with Crippen LogP contribution in [-0.4, -0.2) is 30.4 Å². The van der Waals surface area contributed by atoms with Gasteiger partial charge in [0.05, 0.1) is 9.90 Å². The minimum absolute atomic E-state index is 0. The van der Waals surface area contributed by atoms with E-state index in [-0.39, 0.29) is 23.7 Å². The van der Waals surface area contributed by atoms with Crippen LogP contribution in [0.3, 0.4) is 0 Å². The van der Waals surface area contributed by atoms with Crippen molar-refractivity contribution in [1.29, 1.82) is 0 Å². The quantitative estimate of drug-likeness (QED) is 0.905. The van der Waals surface area contributed by atoms with Crippen LogP contribution >= 0.6 is 46.9 Å². The summed E-state index contributed by atoms with van der Waals surface area (Å²) in [5.41, 5.74) is 6.25. The highest BCUT2D eigenvalue weighted by Crippen LogP contribution is 2.35. The van der Waals surface area contributed by atoms with Crippen molar-refractivity contribution in [3.8, 4) is 0 Å². The summed E-state index contributed by atoms with van der Waals surface area (Å²) in [5.74, 6) is -0.0460. The maximum absolute atomic E-state index is 12.2. The zero-order valence-electron chi connectivity index (χ0n) is 9.91. The Balaban J connectivity index is 0.00000162. The minimum Gasteiger partial charge on any atom is -0.338 e. The topological polar surface area (TPSA) is 46.3 Å². The molecule has 0 aliphatic carbocycles. The largest absolute Gasteiger partial charge is 0.338 e. The Bertz CT molecular complexity index is 451. The Morgan fingerprint density at radius 1 is 1.61 bits per heavy atom. The van der Waals surface area contributed by atoms with Crippen molar-refractivity contribution in [2.24, 2.45) is 11.1 Å². The van der Waals surface area contributed by atoms with E-state index >= 15 is 0 Å². The number of nitrogens with two attached hydrogens (primary N) is 1. The van der Waals surface area contributed by atoms with Crippen LogP contribution in [0.2, 0.25) is 8.67 Å². The smallest absolute Gasteiger partial charge is 0.256 e. The van der Waals surface area contributed by atoms with Gasteiger partial charge in [0.25, 0.3) is 5.91 Å². The Labute approximate surface area is 127 Å². The lowest BCUT2D eigenvalue weighted by molar-refractivity contribution is 0.0777. The monoisotopic (exact) mass is 328 g/mol. The summed E-state index contributed by atoms with van der Waals surface area (Å²) in [6.07, 6.45) is 0.935. The maximum Gasteiger partial charge on any atom is 0.256 e. The van der Waals surface area contributed by atoms with E-state index in [9.17, 15) is 4.79 Å². The third-order valence-electron chi connectivity index (χ3n) is 3.22. The van der Waals surface area contributed by atoms with Crippen LogP contribution in [0.25, 0.3) is 0 Å². The third-order valence-corrected chi connectivity index (χ3v) is 4.71. The molecular formula is C11H15Cl3N2OS. The molecule has 1 fully saturated rings. The molecule has 1 atom stereocenters. The molecule has 18 heavy (non-hydrogen) atoms. The molecule has 0 spiro atoms. The molecule has 1 aromatic heterocycles. The van der Waals surface area contributed by atoms with Gasteiger partial charge in [0, 0.05) is 13.1 Å². The molecule has 1 aliphatic rings. The zero-order valence-corrected chi connectivity index (χ0v) is 13.1. The first-order chi connectivity index (χ1) is 7.95. The standard InChI is InChI=1S/C11H14Cl2N2OS.ClH/c1-11(5-14)2-3-15(6-11)10(16)7-4-8(12)17-9(7)13;/h4H,2-3,5-6,14H2,1H3;1H. The SMILES string of the molecule is CC1(CN)CCN(C(=O)c2cc(Cl)sc2Cl)C1.Cl. The van der Waals surface area contributed by atoms with E-state index in [4.69, 9.17) is 28.9 Å². The van der Waals surface area contributed by atoms with Gasteiger partial charge in [-0.1, -0.05) is 30.1 Å². The van der Waals surface area contributed by atoms with Crippen molar-refractivity contribution in [2.45, 2.75) is 13.3 Å². The van der Waals surface area contributed by atoms with Gasteiger partial charge >= 0.3 is 0 Å². The number of carbonyl (C=O) groups excluding carboxylic acids is 1. The number of likely N-dealkylation sites (tertiary alicyclic amines) is 1. The van der Waals surface area contributed by atoms with E-state index in [0.717, 1.165) is 13.0 Å². The highest BCUT2D eigenvalue weighted by atomic mass is 35.5. The second-order valence-corrected chi connectivity index (χ2v) is 7.01. The van der Waals surface area contributed by atoms with E-state index in [0.29, 0.717) is 27.3 Å². The van der Waals surface area contributed by atoms with Gasteiger partial charge in [-0.3, -0.25) is 4.79 Å². The lowest BCUT2D eigenvalue weighted by atomic mass is 9.90. The van der Waals surface area contributed by atoms with Gasteiger partial charge in [-0.05, 0) is 24.4 Å². The summed E-state index contributed by atoms with van der Waals surface area (Å²) in [6, 6.07) is 1.63. The van der Waals surface area contributed by atoms with Crippen molar-refractivity contribution in [3.63, 3.8) is 0 Å². The molecule has 2 heterocycles. The van der Waals surface area contributed by atoms with E-state index < -0.39 is 0 Å². The van der Waals surface area contributed by atoms with Gasteiger partial charge < -0.3 is 10.6 Å². The summed E-state index contributed by atoms with van der Waals surface area (Å²) in [4.78, 5) is 14.0. The van der Waals surface area contributed by atoms with Crippen LogP contribution in [0.1, 0.15) is 23.7 Å². The molecule has 3 nitrogen and oxygen atoms in total. The number of nitrogens with zero attached hydrogens (tertiary/aromatic N) is 1. The third kappa shape index (κ3) is 3.11. The van der Waals surface area contributed by atoms with Gasteiger partial charge in [0.2, 0.25) is 0 Å². The molecule has 1 saturated heterocycles. The molecule has 0 radical (unpaired) electrons. The van der Waals surface area contributed by atoms with E-state index in [1.165, 1.54) is 11.3 Å².